The first kappa shape index (κ1) is 7.50. The predicted octanol–water partition coefficient (Wildman–Crippen LogP) is 1.82. The van der Waals surface area contributed by atoms with Gasteiger partial charge < -0.3 is 0 Å². The molecule has 0 saturated carbocycles. The third-order valence-corrected chi connectivity index (χ3v) is 1.66. The number of hydrogen-bond donors (Lipinski definition) is 0. The summed E-state index contributed by atoms with van der Waals surface area (Å²) in [5, 5.41) is 3.97. The molecule has 4 heteroatoms. The topological polar surface area (TPSA) is 35.1 Å². The molecule has 2 rings (SSSR count). The van der Waals surface area contributed by atoms with Gasteiger partial charge in [-0.1, -0.05) is 12.1 Å². The fourth-order valence-corrected chi connectivity index (χ4v) is 1.02. The van der Waals surface area contributed by atoms with Gasteiger partial charge in [0.2, 0.25) is 0 Å². The van der Waals surface area contributed by atoms with E-state index in [1.807, 2.05) is 12.1 Å². The molecule has 0 bridgehead atoms. The molecule has 0 aliphatic heterocycles. The van der Waals surface area contributed by atoms with E-state index in [1.165, 1.54) is 6.33 Å². The first-order chi connectivity index (χ1) is 6.40. The molecule has 0 unspecified atom stereocenters. The summed E-state index contributed by atoms with van der Waals surface area (Å²) in [6, 6.07) is 7.18. The average molecular weight is 170 g/mol. The van der Waals surface area contributed by atoms with Crippen LogP contribution in [-0.2, 0) is 0 Å². The first-order valence-corrected chi connectivity index (χ1v) is 3.72. The lowest BCUT2D eigenvalue weighted by Crippen LogP contribution is -1.92. The molecule has 2 aromatic rings. The second-order valence-corrected chi connectivity index (χ2v) is 2.47. The highest BCUT2D eigenvalue weighted by Gasteiger charge is 1.95. The van der Waals surface area contributed by atoms with Crippen molar-refractivity contribution in [3.05, 3.63) is 48.3 Å². The molecule has 62 valence electrons. The zero-order chi connectivity index (χ0) is 9.10. The molecule has 0 radical (unpaired) electrons. The van der Waals surface area contributed by atoms with Crippen molar-refractivity contribution in [2.24, 2.45) is 0 Å². The van der Waals surface area contributed by atoms with Crippen LogP contribution in [0.2, 0.25) is 0 Å². The molecule has 0 spiro atoms. The third-order valence-electron chi connectivity index (χ3n) is 1.66. The Labute approximate surface area is 75.3 Å². The number of hydrogen-bond acceptors (Lipinski definition) is 2. The second-order valence-electron chi connectivity index (χ2n) is 2.47. The Morgan fingerprint density at radius 3 is 2.54 bits per heavy atom. The molecule has 0 atom stereocenters. The Hall–Kier alpha value is -2.15. The van der Waals surface area contributed by atoms with Crippen LogP contribution in [0, 0.1) is 6.57 Å². The number of aromatic nitrogens is 3. The molecule has 0 N–H and O–H groups in total. The van der Waals surface area contributed by atoms with Crippen LogP contribution in [0.3, 0.4) is 0 Å². The molecule has 0 amide bonds. The molecular formula is C9H6N4. The quantitative estimate of drug-likeness (QED) is 0.612. The van der Waals surface area contributed by atoms with E-state index in [1.54, 1.807) is 23.1 Å². The van der Waals surface area contributed by atoms with Crippen LogP contribution < -0.4 is 0 Å². The summed E-state index contributed by atoms with van der Waals surface area (Å²) in [5.74, 6) is 0. The van der Waals surface area contributed by atoms with E-state index in [9.17, 15) is 0 Å². The van der Waals surface area contributed by atoms with Gasteiger partial charge in [-0.25, -0.2) is 14.5 Å². The molecule has 0 saturated heterocycles. The lowest BCUT2D eigenvalue weighted by molar-refractivity contribution is 0.879. The molecule has 0 aliphatic rings. The molecule has 13 heavy (non-hydrogen) atoms. The summed E-state index contributed by atoms with van der Waals surface area (Å²) in [6.45, 7) is 6.78. The van der Waals surface area contributed by atoms with Crippen LogP contribution >= 0.6 is 0 Å². The standard InChI is InChI=1S/C9H6N4/c1-10-8-2-4-9(5-3-8)13-7-11-6-12-13/h2-7H. The average Bonchev–Trinajstić information content (AvgIpc) is 2.71. The molecule has 1 aromatic heterocycles. The van der Waals surface area contributed by atoms with Crippen molar-refractivity contribution in [3.8, 4) is 5.69 Å². The maximum absolute atomic E-state index is 6.78. The molecule has 4 nitrogen and oxygen atoms in total. The maximum atomic E-state index is 6.78. The number of nitrogens with zero attached hydrogens (tertiary/aromatic N) is 4. The van der Waals surface area contributed by atoms with Crippen LogP contribution in [0.1, 0.15) is 0 Å². The van der Waals surface area contributed by atoms with Crippen LogP contribution in [0.25, 0.3) is 10.5 Å². The Morgan fingerprint density at radius 1 is 1.23 bits per heavy atom. The van der Waals surface area contributed by atoms with Crippen LogP contribution in [-0.4, -0.2) is 14.8 Å². The third kappa shape index (κ3) is 1.40. The maximum Gasteiger partial charge on any atom is 0.187 e. The molecule has 1 heterocycles. The van der Waals surface area contributed by atoms with Gasteiger partial charge in [-0.3, -0.25) is 0 Å². The number of benzene rings is 1. The van der Waals surface area contributed by atoms with E-state index in [0.29, 0.717) is 5.69 Å². The van der Waals surface area contributed by atoms with Crippen molar-refractivity contribution >= 4 is 5.69 Å². The van der Waals surface area contributed by atoms with Gasteiger partial charge in [0.1, 0.15) is 12.7 Å². The zero-order valence-electron chi connectivity index (χ0n) is 6.75. The van der Waals surface area contributed by atoms with E-state index in [-0.39, 0.29) is 0 Å². The smallest absolute Gasteiger partial charge is 0.187 e. The van der Waals surface area contributed by atoms with Gasteiger partial charge in [0, 0.05) is 0 Å². The Kier molecular flexibility index (Phi) is 1.77. The number of rotatable bonds is 1. The van der Waals surface area contributed by atoms with E-state index in [4.69, 9.17) is 6.57 Å². The normalized spacial score (nSPS) is 9.46. The monoisotopic (exact) mass is 170 g/mol. The summed E-state index contributed by atoms with van der Waals surface area (Å²) < 4.78 is 1.65. The van der Waals surface area contributed by atoms with E-state index >= 15 is 0 Å². The van der Waals surface area contributed by atoms with Crippen molar-refractivity contribution in [2.45, 2.75) is 0 Å². The van der Waals surface area contributed by atoms with Gasteiger partial charge in [-0.05, 0) is 12.1 Å². The molecular weight excluding hydrogens is 164 g/mol. The van der Waals surface area contributed by atoms with Gasteiger partial charge in [0.15, 0.2) is 5.69 Å². The van der Waals surface area contributed by atoms with Gasteiger partial charge in [0.05, 0.1) is 12.3 Å². The lowest BCUT2D eigenvalue weighted by Gasteiger charge is -1.98. The summed E-state index contributed by atoms with van der Waals surface area (Å²) in [6.07, 6.45) is 3.09. The van der Waals surface area contributed by atoms with Crippen molar-refractivity contribution in [3.63, 3.8) is 0 Å². The highest BCUT2D eigenvalue weighted by molar-refractivity contribution is 5.48. The summed E-state index contributed by atoms with van der Waals surface area (Å²) in [5.41, 5.74) is 1.54. The van der Waals surface area contributed by atoms with Crippen LogP contribution in [0.15, 0.2) is 36.9 Å². The van der Waals surface area contributed by atoms with Gasteiger partial charge in [-0.2, -0.15) is 5.10 Å². The summed E-state index contributed by atoms with van der Waals surface area (Å²) in [7, 11) is 0. The Balaban J connectivity index is 2.40. The minimum atomic E-state index is 0.629. The first-order valence-electron chi connectivity index (χ1n) is 3.72. The van der Waals surface area contributed by atoms with Crippen molar-refractivity contribution in [2.75, 3.05) is 0 Å². The van der Waals surface area contributed by atoms with E-state index < -0.39 is 0 Å². The van der Waals surface area contributed by atoms with E-state index in [2.05, 4.69) is 14.9 Å². The molecule has 1 aromatic carbocycles. The van der Waals surface area contributed by atoms with Gasteiger partial charge >= 0.3 is 0 Å². The van der Waals surface area contributed by atoms with E-state index in [0.717, 1.165) is 5.69 Å². The van der Waals surface area contributed by atoms with Crippen molar-refractivity contribution < 1.29 is 0 Å². The fourth-order valence-electron chi connectivity index (χ4n) is 1.02. The molecule has 0 aliphatic carbocycles. The summed E-state index contributed by atoms with van der Waals surface area (Å²) >= 11 is 0. The second kappa shape index (κ2) is 3.07. The van der Waals surface area contributed by atoms with Gasteiger partial charge in [0.25, 0.3) is 0 Å². The predicted molar refractivity (Wildman–Crippen MR) is 47.6 cm³/mol. The highest BCUT2D eigenvalue weighted by Crippen LogP contribution is 2.14. The SMILES string of the molecule is [C-]#[N+]c1ccc(-n2cncn2)cc1. The Morgan fingerprint density at radius 2 is 2.00 bits per heavy atom. The highest BCUT2D eigenvalue weighted by atomic mass is 15.3. The minimum Gasteiger partial charge on any atom is -0.238 e. The lowest BCUT2D eigenvalue weighted by atomic mass is 10.3. The zero-order valence-corrected chi connectivity index (χ0v) is 6.75. The van der Waals surface area contributed by atoms with Crippen LogP contribution in [0.4, 0.5) is 5.69 Å². The van der Waals surface area contributed by atoms with Crippen LogP contribution in [0.5, 0.6) is 0 Å². The van der Waals surface area contributed by atoms with Crippen molar-refractivity contribution in [1.82, 2.24) is 14.8 Å². The van der Waals surface area contributed by atoms with Crippen molar-refractivity contribution in [1.29, 1.82) is 0 Å². The Bertz CT molecular complexity index is 422. The minimum absolute atomic E-state index is 0.629. The van der Waals surface area contributed by atoms with Gasteiger partial charge in [-0.15, -0.1) is 0 Å². The molecule has 0 fully saturated rings. The largest absolute Gasteiger partial charge is 0.238 e. The fraction of sp³-hybridized carbons (Fsp3) is 0. The summed E-state index contributed by atoms with van der Waals surface area (Å²) in [4.78, 5) is 7.13.